The summed E-state index contributed by atoms with van der Waals surface area (Å²) in [6.45, 7) is 4.97. The van der Waals surface area contributed by atoms with E-state index >= 15 is 0 Å². The van der Waals surface area contributed by atoms with Crippen molar-refractivity contribution >= 4 is 17.3 Å². The second-order valence-corrected chi connectivity index (χ2v) is 10.7. The van der Waals surface area contributed by atoms with Crippen molar-refractivity contribution in [3.63, 3.8) is 0 Å². The van der Waals surface area contributed by atoms with Gasteiger partial charge in [0.05, 0.1) is 12.1 Å². The SMILES string of the molecule is C[C@]1(N)CN(S(=O)(=O)N(CC2CCCCO2)C2CNC2)C[C@@H]1CCCB(O)O. The fraction of sp³-hybridized carbons (Fsp3) is 1.00. The van der Waals surface area contributed by atoms with Gasteiger partial charge in [0, 0.05) is 44.9 Å². The van der Waals surface area contributed by atoms with E-state index in [2.05, 4.69) is 5.32 Å². The Morgan fingerprint density at radius 1 is 1.36 bits per heavy atom. The van der Waals surface area contributed by atoms with E-state index in [1.54, 1.807) is 4.31 Å². The van der Waals surface area contributed by atoms with Gasteiger partial charge in [0.2, 0.25) is 0 Å². The molecule has 0 aromatic rings. The molecule has 0 amide bonds. The first kappa shape index (κ1) is 22.4. The topological polar surface area (TPSA) is 128 Å². The van der Waals surface area contributed by atoms with Gasteiger partial charge in [-0.15, -0.1) is 0 Å². The van der Waals surface area contributed by atoms with Gasteiger partial charge in [-0.25, -0.2) is 0 Å². The third-order valence-electron chi connectivity index (χ3n) is 6.34. The first-order chi connectivity index (χ1) is 13.2. The number of nitrogens with one attached hydrogen (secondary N) is 1. The van der Waals surface area contributed by atoms with Gasteiger partial charge in [-0.2, -0.15) is 17.0 Å². The van der Waals surface area contributed by atoms with Crippen molar-refractivity contribution in [1.29, 1.82) is 0 Å². The van der Waals surface area contributed by atoms with Crippen LogP contribution in [0.4, 0.5) is 0 Å². The molecule has 3 aliphatic heterocycles. The van der Waals surface area contributed by atoms with Crippen molar-refractivity contribution in [1.82, 2.24) is 13.9 Å². The Balaban J connectivity index is 1.68. The number of hydrogen-bond donors (Lipinski definition) is 4. The zero-order chi connectivity index (χ0) is 20.4. The minimum Gasteiger partial charge on any atom is -0.427 e. The maximum atomic E-state index is 13.5. The van der Waals surface area contributed by atoms with Gasteiger partial charge in [0.15, 0.2) is 0 Å². The van der Waals surface area contributed by atoms with E-state index in [1.807, 2.05) is 6.92 Å². The van der Waals surface area contributed by atoms with Gasteiger partial charge >= 0.3 is 7.12 Å². The summed E-state index contributed by atoms with van der Waals surface area (Å²) in [7, 11) is -4.97. The minimum absolute atomic E-state index is 0.00618. The van der Waals surface area contributed by atoms with Gasteiger partial charge in [-0.3, -0.25) is 0 Å². The second kappa shape index (κ2) is 9.26. The molecule has 1 unspecified atom stereocenters. The Morgan fingerprint density at radius 3 is 2.68 bits per heavy atom. The molecule has 162 valence electrons. The first-order valence-corrected chi connectivity index (χ1v) is 11.8. The van der Waals surface area contributed by atoms with E-state index in [4.69, 9.17) is 20.5 Å². The van der Waals surface area contributed by atoms with Crippen molar-refractivity contribution < 1.29 is 23.2 Å². The van der Waals surface area contributed by atoms with Crippen molar-refractivity contribution in [2.24, 2.45) is 11.7 Å². The van der Waals surface area contributed by atoms with Crippen LogP contribution in [-0.4, -0.2) is 91.2 Å². The summed E-state index contributed by atoms with van der Waals surface area (Å²) in [6, 6.07) is -0.0388. The molecular formula is C17H35BN4O5S. The highest BCUT2D eigenvalue weighted by molar-refractivity contribution is 7.86. The summed E-state index contributed by atoms with van der Waals surface area (Å²) in [5.41, 5.74) is 5.82. The number of hydrogen-bond acceptors (Lipinski definition) is 7. The summed E-state index contributed by atoms with van der Waals surface area (Å²) in [4.78, 5) is 0. The lowest BCUT2D eigenvalue weighted by Crippen LogP contribution is -2.62. The van der Waals surface area contributed by atoms with Crippen LogP contribution >= 0.6 is 0 Å². The second-order valence-electron chi connectivity index (χ2n) is 8.78. The number of ether oxygens (including phenoxy) is 1. The Bertz CT molecular complexity index is 611. The van der Waals surface area contributed by atoms with Crippen LogP contribution in [0.1, 0.15) is 39.0 Å². The molecule has 3 saturated heterocycles. The summed E-state index contributed by atoms with van der Waals surface area (Å²) in [6.07, 6.45) is 4.52. The molecule has 11 heteroatoms. The van der Waals surface area contributed by atoms with Crippen LogP contribution in [-0.2, 0) is 14.9 Å². The normalized spacial score (nSPS) is 32.6. The molecule has 9 nitrogen and oxygen atoms in total. The van der Waals surface area contributed by atoms with Crippen LogP contribution in [0, 0.1) is 5.92 Å². The van der Waals surface area contributed by atoms with Crippen LogP contribution in [0.5, 0.6) is 0 Å². The highest BCUT2D eigenvalue weighted by Crippen LogP contribution is 2.33. The molecule has 0 aromatic carbocycles. The smallest absolute Gasteiger partial charge is 0.427 e. The fourth-order valence-electron chi connectivity index (χ4n) is 4.38. The fourth-order valence-corrected chi connectivity index (χ4v) is 6.37. The molecule has 3 aliphatic rings. The molecule has 3 rings (SSSR count). The number of rotatable bonds is 9. The average molecular weight is 418 g/mol. The van der Waals surface area contributed by atoms with Crippen molar-refractivity contribution in [2.75, 3.05) is 39.3 Å². The zero-order valence-electron chi connectivity index (χ0n) is 16.8. The molecule has 0 aliphatic carbocycles. The summed E-state index contributed by atoms with van der Waals surface area (Å²) in [5.74, 6) is -0.00618. The molecule has 3 atom stereocenters. The summed E-state index contributed by atoms with van der Waals surface area (Å²) < 4.78 is 35.9. The van der Waals surface area contributed by atoms with Crippen molar-refractivity contribution in [2.45, 2.75) is 63.0 Å². The molecule has 0 spiro atoms. The molecule has 5 N–H and O–H groups in total. The third-order valence-corrected chi connectivity index (χ3v) is 8.31. The zero-order valence-corrected chi connectivity index (χ0v) is 17.6. The van der Waals surface area contributed by atoms with Gasteiger partial charge in [0.1, 0.15) is 0 Å². The standard InChI is InChI=1S/C17H35BN4O5S/c1-17(19)13-21(11-14(17)5-4-7-18(23)24)28(25,26)22(15-9-20-10-15)12-16-6-2-3-8-27-16/h14-16,20,23-24H,2-13,19H2,1H3/t14-,16?,17-/m0/s1. The van der Waals surface area contributed by atoms with Crippen molar-refractivity contribution in [3.05, 3.63) is 0 Å². The van der Waals surface area contributed by atoms with Crippen molar-refractivity contribution in [3.8, 4) is 0 Å². The number of nitrogens with zero attached hydrogens (tertiary/aromatic N) is 2. The molecule has 0 aromatic heterocycles. The third kappa shape index (κ3) is 5.26. The Labute approximate surface area is 168 Å². The number of nitrogens with two attached hydrogens (primary N) is 1. The van der Waals surface area contributed by atoms with Gasteiger partial charge in [-0.05, 0) is 44.8 Å². The molecule has 3 heterocycles. The summed E-state index contributed by atoms with van der Waals surface area (Å²) in [5, 5.41) is 21.3. The lowest BCUT2D eigenvalue weighted by molar-refractivity contribution is -0.00159. The van der Waals surface area contributed by atoms with E-state index in [0.29, 0.717) is 45.6 Å². The largest absolute Gasteiger partial charge is 0.451 e. The average Bonchev–Trinajstić information content (AvgIpc) is 2.89. The molecular weight excluding hydrogens is 383 g/mol. The van der Waals surface area contributed by atoms with Crippen LogP contribution in [0.3, 0.4) is 0 Å². The molecule has 0 saturated carbocycles. The quantitative estimate of drug-likeness (QED) is 0.353. The van der Waals surface area contributed by atoms with E-state index < -0.39 is 22.9 Å². The maximum absolute atomic E-state index is 13.5. The molecule has 0 radical (unpaired) electrons. The lowest BCUT2D eigenvalue weighted by Gasteiger charge is -2.41. The Hall–Kier alpha value is -0.265. The molecule has 3 fully saturated rings. The predicted octanol–water partition coefficient (Wildman–Crippen LogP) is -1.02. The van der Waals surface area contributed by atoms with Crippen LogP contribution in [0.15, 0.2) is 0 Å². The first-order valence-electron chi connectivity index (χ1n) is 10.4. The van der Waals surface area contributed by atoms with E-state index in [-0.39, 0.29) is 30.9 Å². The highest BCUT2D eigenvalue weighted by atomic mass is 32.2. The monoisotopic (exact) mass is 418 g/mol. The van der Waals surface area contributed by atoms with Gasteiger partial charge in [0.25, 0.3) is 10.2 Å². The van der Waals surface area contributed by atoms with Gasteiger partial charge in [-0.1, -0.05) is 6.42 Å². The van der Waals surface area contributed by atoms with Gasteiger partial charge < -0.3 is 25.8 Å². The Kier molecular flexibility index (Phi) is 7.41. The van der Waals surface area contributed by atoms with E-state index in [0.717, 1.165) is 19.3 Å². The highest BCUT2D eigenvalue weighted by Gasteiger charge is 2.48. The van der Waals surface area contributed by atoms with E-state index in [9.17, 15) is 8.42 Å². The molecule has 0 bridgehead atoms. The minimum atomic E-state index is -3.64. The predicted molar refractivity (Wildman–Crippen MR) is 108 cm³/mol. The van der Waals surface area contributed by atoms with Crippen LogP contribution in [0.2, 0.25) is 6.32 Å². The molecule has 28 heavy (non-hydrogen) atoms. The Morgan fingerprint density at radius 2 is 2.11 bits per heavy atom. The summed E-state index contributed by atoms with van der Waals surface area (Å²) >= 11 is 0. The lowest BCUT2D eigenvalue weighted by atomic mass is 9.79. The van der Waals surface area contributed by atoms with Crippen LogP contribution < -0.4 is 11.1 Å². The maximum Gasteiger partial charge on any atom is 0.451 e. The van der Waals surface area contributed by atoms with E-state index in [1.165, 1.54) is 4.31 Å². The van der Waals surface area contributed by atoms with Crippen LogP contribution in [0.25, 0.3) is 0 Å².